The molecule has 1 saturated heterocycles. The van der Waals surface area contributed by atoms with E-state index >= 15 is 0 Å². The van der Waals surface area contributed by atoms with E-state index in [1.54, 1.807) is 24.3 Å². The molecule has 0 spiro atoms. The summed E-state index contributed by atoms with van der Waals surface area (Å²) in [6, 6.07) is 24.7. The summed E-state index contributed by atoms with van der Waals surface area (Å²) < 4.78 is 5.33. The normalized spacial score (nSPS) is 14.8. The zero-order chi connectivity index (χ0) is 24.5. The molecule has 0 aliphatic carbocycles. The van der Waals surface area contributed by atoms with Gasteiger partial charge in [0.25, 0.3) is 5.91 Å². The molecule has 1 fully saturated rings. The zero-order valence-electron chi connectivity index (χ0n) is 19.5. The highest BCUT2D eigenvalue weighted by molar-refractivity contribution is 5.96. The maximum absolute atomic E-state index is 12.4. The third kappa shape index (κ3) is 7.01. The van der Waals surface area contributed by atoms with Crippen molar-refractivity contribution in [3.8, 4) is 11.1 Å². The number of ether oxygens (including phenoxy) is 1. The molecule has 0 bridgehead atoms. The lowest BCUT2D eigenvalue weighted by Gasteiger charge is -2.11. The molecule has 3 aromatic carbocycles. The Labute approximate surface area is 204 Å². The van der Waals surface area contributed by atoms with E-state index in [0.717, 1.165) is 29.5 Å². The van der Waals surface area contributed by atoms with Crippen molar-refractivity contribution in [1.29, 1.82) is 0 Å². The van der Waals surface area contributed by atoms with E-state index in [0.29, 0.717) is 30.9 Å². The molecule has 1 unspecified atom stereocenters. The smallest absolute Gasteiger partial charge is 0.251 e. The van der Waals surface area contributed by atoms with Crippen molar-refractivity contribution in [2.24, 2.45) is 0 Å². The SMILES string of the molecule is O=C(Cc1ccc(-c2ccccc2)cc1)Nc1ccc(C(=O)NCCNC(=O)C2CCCO2)cc1. The highest BCUT2D eigenvalue weighted by Gasteiger charge is 2.22. The molecule has 3 amide bonds. The summed E-state index contributed by atoms with van der Waals surface area (Å²) in [7, 11) is 0. The highest BCUT2D eigenvalue weighted by Crippen LogP contribution is 2.19. The monoisotopic (exact) mass is 471 g/mol. The standard InChI is InChI=1S/C28H29N3O4/c32-26(19-20-8-10-22(11-9-20)21-5-2-1-3-6-21)31-24-14-12-23(13-15-24)27(33)29-16-17-30-28(34)25-7-4-18-35-25/h1-3,5-6,8-15,25H,4,7,16-19H2,(H,29,33)(H,30,34)(H,31,32). The fourth-order valence-electron chi connectivity index (χ4n) is 3.90. The van der Waals surface area contributed by atoms with E-state index in [1.807, 2.05) is 42.5 Å². The van der Waals surface area contributed by atoms with Crippen molar-refractivity contribution >= 4 is 23.4 Å². The average Bonchev–Trinajstić information content (AvgIpc) is 3.43. The predicted octanol–water partition coefficient (Wildman–Crippen LogP) is 3.56. The van der Waals surface area contributed by atoms with E-state index in [-0.39, 0.29) is 30.2 Å². The van der Waals surface area contributed by atoms with Crippen LogP contribution < -0.4 is 16.0 Å². The van der Waals surface area contributed by atoms with Crippen LogP contribution in [0.1, 0.15) is 28.8 Å². The predicted molar refractivity (Wildman–Crippen MR) is 135 cm³/mol. The van der Waals surface area contributed by atoms with Gasteiger partial charge in [0.15, 0.2) is 0 Å². The Bertz CT molecular complexity index is 1140. The molecule has 180 valence electrons. The number of amides is 3. The summed E-state index contributed by atoms with van der Waals surface area (Å²) in [5.41, 5.74) is 4.26. The van der Waals surface area contributed by atoms with Gasteiger partial charge in [-0.3, -0.25) is 14.4 Å². The van der Waals surface area contributed by atoms with Crippen LogP contribution in [0.25, 0.3) is 11.1 Å². The van der Waals surface area contributed by atoms with Crippen LogP contribution in [0, 0.1) is 0 Å². The first-order valence-corrected chi connectivity index (χ1v) is 11.8. The van der Waals surface area contributed by atoms with Gasteiger partial charge in [0.2, 0.25) is 11.8 Å². The Morgan fingerprint density at radius 2 is 1.49 bits per heavy atom. The van der Waals surface area contributed by atoms with Crippen molar-refractivity contribution in [3.63, 3.8) is 0 Å². The second-order valence-electron chi connectivity index (χ2n) is 8.41. The maximum Gasteiger partial charge on any atom is 0.251 e. The van der Waals surface area contributed by atoms with Crippen LogP contribution in [0.5, 0.6) is 0 Å². The van der Waals surface area contributed by atoms with Crippen LogP contribution in [0.3, 0.4) is 0 Å². The summed E-state index contributed by atoms with van der Waals surface area (Å²) in [6.45, 7) is 1.27. The highest BCUT2D eigenvalue weighted by atomic mass is 16.5. The molecule has 1 aliphatic heterocycles. The molecule has 1 atom stereocenters. The molecule has 7 heteroatoms. The summed E-state index contributed by atoms with van der Waals surface area (Å²) >= 11 is 0. The Morgan fingerprint density at radius 3 is 2.17 bits per heavy atom. The number of nitrogens with one attached hydrogen (secondary N) is 3. The minimum atomic E-state index is -0.373. The number of anilines is 1. The average molecular weight is 472 g/mol. The third-order valence-corrected chi connectivity index (χ3v) is 5.79. The molecule has 3 aromatic rings. The lowest BCUT2D eigenvalue weighted by Crippen LogP contribution is -2.39. The van der Waals surface area contributed by atoms with Crippen molar-refractivity contribution in [2.75, 3.05) is 25.0 Å². The number of hydrogen-bond acceptors (Lipinski definition) is 4. The van der Waals surface area contributed by atoms with Crippen LogP contribution in [0.4, 0.5) is 5.69 Å². The van der Waals surface area contributed by atoms with Gasteiger partial charge in [-0.05, 0) is 53.8 Å². The van der Waals surface area contributed by atoms with Crippen molar-refractivity contribution in [3.05, 3.63) is 90.0 Å². The quantitative estimate of drug-likeness (QED) is 0.416. The number of carbonyl (C=O) groups excluding carboxylic acids is 3. The number of rotatable bonds is 9. The lowest BCUT2D eigenvalue weighted by atomic mass is 10.0. The fourth-order valence-corrected chi connectivity index (χ4v) is 3.90. The Hall–Kier alpha value is -3.97. The van der Waals surface area contributed by atoms with E-state index in [9.17, 15) is 14.4 Å². The van der Waals surface area contributed by atoms with Gasteiger partial charge in [-0.25, -0.2) is 0 Å². The van der Waals surface area contributed by atoms with E-state index in [4.69, 9.17) is 4.74 Å². The van der Waals surface area contributed by atoms with Crippen LogP contribution in [-0.2, 0) is 20.7 Å². The Balaban J connectivity index is 1.20. The summed E-state index contributed by atoms with van der Waals surface area (Å²) in [5, 5.41) is 8.40. The second kappa shape index (κ2) is 11.9. The summed E-state index contributed by atoms with van der Waals surface area (Å²) in [4.78, 5) is 36.7. The van der Waals surface area contributed by atoms with Crippen molar-refractivity contribution in [2.45, 2.75) is 25.4 Å². The summed E-state index contributed by atoms with van der Waals surface area (Å²) in [6.07, 6.45) is 1.52. The third-order valence-electron chi connectivity index (χ3n) is 5.79. The van der Waals surface area contributed by atoms with Crippen LogP contribution >= 0.6 is 0 Å². The molecule has 0 saturated carbocycles. The van der Waals surface area contributed by atoms with Crippen molar-refractivity contribution < 1.29 is 19.1 Å². The lowest BCUT2D eigenvalue weighted by molar-refractivity contribution is -0.130. The zero-order valence-corrected chi connectivity index (χ0v) is 19.5. The first-order chi connectivity index (χ1) is 17.1. The maximum atomic E-state index is 12.4. The number of carbonyl (C=O) groups is 3. The van der Waals surface area contributed by atoms with E-state index in [2.05, 4.69) is 28.1 Å². The van der Waals surface area contributed by atoms with Crippen LogP contribution in [0.2, 0.25) is 0 Å². The molecule has 3 N–H and O–H groups in total. The van der Waals surface area contributed by atoms with Crippen LogP contribution in [0.15, 0.2) is 78.9 Å². The van der Waals surface area contributed by atoms with E-state index in [1.165, 1.54) is 0 Å². The molecule has 35 heavy (non-hydrogen) atoms. The van der Waals surface area contributed by atoms with Gasteiger partial charge in [0.05, 0.1) is 6.42 Å². The fraction of sp³-hybridized carbons (Fsp3) is 0.250. The van der Waals surface area contributed by atoms with Crippen LogP contribution in [-0.4, -0.2) is 43.5 Å². The topological polar surface area (TPSA) is 96.5 Å². The second-order valence-corrected chi connectivity index (χ2v) is 8.41. The van der Waals surface area contributed by atoms with Crippen molar-refractivity contribution in [1.82, 2.24) is 10.6 Å². The Morgan fingerprint density at radius 1 is 0.800 bits per heavy atom. The molecule has 1 heterocycles. The molecule has 4 rings (SSSR count). The first kappa shape index (κ1) is 24.2. The molecule has 0 radical (unpaired) electrons. The number of benzene rings is 3. The molecule has 0 aromatic heterocycles. The van der Waals surface area contributed by atoms with Gasteiger partial charge >= 0.3 is 0 Å². The Kier molecular flexibility index (Phi) is 8.25. The van der Waals surface area contributed by atoms with Gasteiger partial charge in [-0.15, -0.1) is 0 Å². The van der Waals surface area contributed by atoms with Gasteiger partial charge in [0, 0.05) is 30.9 Å². The van der Waals surface area contributed by atoms with Gasteiger partial charge < -0.3 is 20.7 Å². The first-order valence-electron chi connectivity index (χ1n) is 11.8. The van der Waals surface area contributed by atoms with Gasteiger partial charge in [-0.2, -0.15) is 0 Å². The largest absolute Gasteiger partial charge is 0.368 e. The van der Waals surface area contributed by atoms with Gasteiger partial charge in [-0.1, -0.05) is 54.6 Å². The number of hydrogen-bond donors (Lipinski definition) is 3. The molecule has 7 nitrogen and oxygen atoms in total. The van der Waals surface area contributed by atoms with Gasteiger partial charge in [0.1, 0.15) is 6.10 Å². The van der Waals surface area contributed by atoms with E-state index < -0.39 is 0 Å². The molecular formula is C28H29N3O4. The molecule has 1 aliphatic rings. The summed E-state index contributed by atoms with van der Waals surface area (Å²) in [5.74, 6) is -0.506. The molecular weight excluding hydrogens is 442 g/mol. The minimum Gasteiger partial charge on any atom is -0.368 e. The minimum absolute atomic E-state index is 0.128.